The van der Waals surface area contributed by atoms with Gasteiger partial charge in [-0.05, 0) is 56.2 Å². The van der Waals surface area contributed by atoms with Crippen LogP contribution in [0.3, 0.4) is 0 Å². The van der Waals surface area contributed by atoms with Gasteiger partial charge in [-0.15, -0.1) is 22.7 Å². The molecule has 4 nitrogen and oxygen atoms in total. The second kappa shape index (κ2) is 7.07. The van der Waals surface area contributed by atoms with Crippen LogP contribution in [0.1, 0.15) is 67.1 Å². The van der Waals surface area contributed by atoms with Crippen LogP contribution < -0.4 is 11.1 Å². The Bertz CT molecular complexity index is 789. The normalized spacial score (nSPS) is 14.1. The van der Waals surface area contributed by atoms with Crippen LogP contribution in [0.4, 0.5) is 5.00 Å². The van der Waals surface area contributed by atoms with E-state index in [1.807, 2.05) is 13.0 Å². The van der Waals surface area contributed by atoms with Crippen molar-refractivity contribution in [1.29, 1.82) is 0 Å². The summed E-state index contributed by atoms with van der Waals surface area (Å²) in [6, 6.07) is 1.92. The van der Waals surface area contributed by atoms with Gasteiger partial charge in [-0.1, -0.05) is 13.3 Å². The number of fused-ring (bicyclic) bond motifs is 1. The van der Waals surface area contributed by atoms with Gasteiger partial charge in [0.05, 0.1) is 10.4 Å². The molecule has 0 unspecified atom stereocenters. The average molecular weight is 363 g/mol. The molecule has 1 aliphatic carbocycles. The van der Waals surface area contributed by atoms with Gasteiger partial charge in [0.25, 0.3) is 11.8 Å². The third kappa shape index (κ3) is 3.26. The van der Waals surface area contributed by atoms with Gasteiger partial charge in [-0.3, -0.25) is 9.59 Å². The molecule has 0 aliphatic heterocycles. The zero-order chi connectivity index (χ0) is 17.3. The number of hydrogen-bond acceptors (Lipinski definition) is 4. The molecule has 0 radical (unpaired) electrons. The van der Waals surface area contributed by atoms with Gasteiger partial charge in [-0.25, -0.2) is 0 Å². The van der Waals surface area contributed by atoms with Crippen molar-refractivity contribution in [2.24, 2.45) is 5.73 Å². The fourth-order valence-electron chi connectivity index (χ4n) is 3.24. The second-order valence-electron chi connectivity index (χ2n) is 6.16. The van der Waals surface area contributed by atoms with E-state index in [-0.39, 0.29) is 5.91 Å². The minimum Gasteiger partial charge on any atom is -0.365 e. The van der Waals surface area contributed by atoms with Crippen molar-refractivity contribution in [2.75, 3.05) is 5.32 Å². The summed E-state index contributed by atoms with van der Waals surface area (Å²) >= 11 is 3.03. The van der Waals surface area contributed by atoms with Crippen LogP contribution in [0.15, 0.2) is 6.07 Å². The molecule has 6 heteroatoms. The standard InChI is InChI=1S/C18H22N2O2S2/c1-3-12-10(2)9-14(23-12)17(22)20-18-15(16(19)21)11-7-5-4-6-8-13(11)24-18/h9H,3-8H2,1-2H3,(H2,19,21)(H,20,22). The zero-order valence-electron chi connectivity index (χ0n) is 14.0. The summed E-state index contributed by atoms with van der Waals surface area (Å²) in [6.45, 7) is 4.11. The Hall–Kier alpha value is -1.66. The summed E-state index contributed by atoms with van der Waals surface area (Å²) in [5.41, 5.74) is 8.34. The minimum atomic E-state index is -0.443. The number of thiophene rings is 2. The van der Waals surface area contributed by atoms with Gasteiger partial charge < -0.3 is 11.1 Å². The fourth-order valence-corrected chi connectivity index (χ4v) is 5.54. The Balaban J connectivity index is 1.91. The molecule has 0 spiro atoms. The van der Waals surface area contributed by atoms with E-state index in [9.17, 15) is 9.59 Å². The largest absolute Gasteiger partial charge is 0.365 e. The van der Waals surface area contributed by atoms with E-state index < -0.39 is 5.91 Å². The number of aryl methyl sites for hydroxylation is 3. The highest BCUT2D eigenvalue weighted by molar-refractivity contribution is 7.17. The van der Waals surface area contributed by atoms with E-state index in [4.69, 9.17) is 5.73 Å². The van der Waals surface area contributed by atoms with Gasteiger partial charge in [0.1, 0.15) is 5.00 Å². The fraction of sp³-hybridized carbons (Fsp3) is 0.444. The molecule has 2 heterocycles. The molecule has 2 aromatic heterocycles. The number of primary amides is 1. The first-order chi connectivity index (χ1) is 11.5. The number of nitrogens with two attached hydrogens (primary N) is 1. The van der Waals surface area contributed by atoms with Crippen molar-refractivity contribution >= 4 is 39.5 Å². The molecule has 3 N–H and O–H groups in total. The van der Waals surface area contributed by atoms with E-state index in [0.29, 0.717) is 15.4 Å². The molecular formula is C18H22N2O2S2. The van der Waals surface area contributed by atoms with Crippen molar-refractivity contribution in [3.8, 4) is 0 Å². The predicted molar refractivity (Wildman–Crippen MR) is 100 cm³/mol. The van der Waals surface area contributed by atoms with E-state index in [0.717, 1.165) is 43.2 Å². The quantitative estimate of drug-likeness (QED) is 0.796. The van der Waals surface area contributed by atoms with Crippen LogP contribution in [-0.2, 0) is 19.3 Å². The van der Waals surface area contributed by atoms with E-state index >= 15 is 0 Å². The highest BCUT2D eigenvalue weighted by Crippen LogP contribution is 2.37. The summed E-state index contributed by atoms with van der Waals surface area (Å²) < 4.78 is 0. The van der Waals surface area contributed by atoms with E-state index in [1.165, 1.54) is 38.8 Å². The van der Waals surface area contributed by atoms with Crippen molar-refractivity contribution in [3.63, 3.8) is 0 Å². The van der Waals surface area contributed by atoms with Crippen LogP contribution in [0.2, 0.25) is 0 Å². The molecule has 0 saturated heterocycles. The molecule has 1 aliphatic rings. The van der Waals surface area contributed by atoms with Gasteiger partial charge in [0, 0.05) is 9.75 Å². The molecule has 3 rings (SSSR count). The SMILES string of the molecule is CCc1sc(C(=O)Nc2sc3c(c2C(N)=O)CCCCC3)cc1C. The summed E-state index contributed by atoms with van der Waals surface area (Å²) in [4.78, 5) is 27.7. The summed E-state index contributed by atoms with van der Waals surface area (Å²) in [7, 11) is 0. The van der Waals surface area contributed by atoms with Gasteiger partial charge in [0.15, 0.2) is 0 Å². The maximum Gasteiger partial charge on any atom is 0.266 e. The summed E-state index contributed by atoms with van der Waals surface area (Å²) in [6.07, 6.45) is 6.13. The van der Waals surface area contributed by atoms with Crippen LogP contribution in [0.5, 0.6) is 0 Å². The molecule has 0 aromatic carbocycles. The van der Waals surface area contributed by atoms with Crippen molar-refractivity contribution in [1.82, 2.24) is 0 Å². The first kappa shape index (κ1) is 17.2. The average Bonchev–Trinajstić information content (AvgIpc) is 2.99. The molecule has 24 heavy (non-hydrogen) atoms. The maximum atomic E-state index is 12.6. The van der Waals surface area contributed by atoms with Crippen LogP contribution >= 0.6 is 22.7 Å². The topological polar surface area (TPSA) is 72.2 Å². The smallest absolute Gasteiger partial charge is 0.266 e. The number of nitrogens with one attached hydrogen (secondary N) is 1. The molecule has 2 amide bonds. The first-order valence-electron chi connectivity index (χ1n) is 8.36. The number of rotatable bonds is 4. The van der Waals surface area contributed by atoms with Crippen molar-refractivity contribution in [3.05, 3.63) is 37.4 Å². The minimum absolute atomic E-state index is 0.151. The first-order valence-corrected chi connectivity index (χ1v) is 9.99. The van der Waals surface area contributed by atoms with Gasteiger partial charge in [-0.2, -0.15) is 0 Å². The van der Waals surface area contributed by atoms with Crippen LogP contribution in [-0.4, -0.2) is 11.8 Å². The molecule has 0 fully saturated rings. The van der Waals surface area contributed by atoms with Crippen LogP contribution in [0.25, 0.3) is 0 Å². The van der Waals surface area contributed by atoms with E-state index in [1.54, 1.807) is 0 Å². The van der Waals surface area contributed by atoms with Gasteiger partial charge in [0.2, 0.25) is 0 Å². The Labute approximate surface area is 150 Å². The number of carbonyl (C=O) groups excluding carboxylic acids is 2. The lowest BCUT2D eigenvalue weighted by Crippen LogP contribution is -2.17. The summed E-state index contributed by atoms with van der Waals surface area (Å²) in [5, 5.41) is 3.55. The molecular weight excluding hydrogens is 340 g/mol. The Morgan fingerprint density at radius 3 is 2.62 bits per heavy atom. The molecule has 0 bridgehead atoms. The number of hydrogen-bond donors (Lipinski definition) is 2. The van der Waals surface area contributed by atoms with Gasteiger partial charge >= 0.3 is 0 Å². The third-order valence-corrected chi connectivity index (χ3v) is 7.05. The number of amides is 2. The lowest BCUT2D eigenvalue weighted by Gasteiger charge is -2.05. The molecule has 2 aromatic rings. The van der Waals surface area contributed by atoms with Crippen molar-refractivity contribution < 1.29 is 9.59 Å². The highest BCUT2D eigenvalue weighted by Gasteiger charge is 2.25. The Kier molecular flexibility index (Phi) is 5.06. The predicted octanol–water partition coefficient (Wildman–Crippen LogP) is 4.30. The second-order valence-corrected chi connectivity index (χ2v) is 8.40. The number of carbonyl (C=O) groups is 2. The molecule has 128 valence electrons. The summed E-state index contributed by atoms with van der Waals surface area (Å²) in [5.74, 6) is -0.594. The molecule has 0 atom stereocenters. The number of anilines is 1. The lowest BCUT2D eigenvalue weighted by atomic mass is 10.1. The third-order valence-electron chi connectivity index (χ3n) is 4.46. The molecule has 0 saturated carbocycles. The lowest BCUT2D eigenvalue weighted by molar-refractivity contribution is 0.100. The maximum absolute atomic E-state index is 12.6. The van der Waals surface area contributed by atoms with Crippen molar-refractivity contribution in [2.45, 2.75) is 52.4 Å². The Morgan fingerprint density at radius 1 is 1.21 bits per heavy atom. The van der Waals surface area contributed by atoms with Crippen LogP contribution in [0, 0.1) is 6.92 Å². The Morgan fingerprint density at radius 2 is 1.96 bits per heavy atom. The van der Waals surface area contributed by atoms with E-state index in [2.05, 4.69) is 12.2 Å². The monoisotopic (exact) mass is 362 g/mol. The zero-order valence-corrected chi connectivity index (χ0v) is 15.7. The highest BCUT2D eigenvalue weighted by atomic mass is 32.1.